The number of benzene rings is 1. The molecule has 1 aromatic rings. The molecule has 2 rings (SSSR count). The third-order valence-corrected chi connectivity index (χ3v) is 2.90. The molecule has 1 aromatic carbocycles. The Balaban J connectivity index is 1.93. The van der Waals surface area contributed by atoms with Crippen molar-refractivity contribution in [2.24, 2.45) is 5.92 Å². The summed E-state index contributed by atoms with van der Waals surface area (Å²) in [5.41, 5.74) is 0.562. The number of amides is 2. The number of carboxylic acids is 1. The maximum absolute atomic E-state index is 11.6. The summed E-state index contributed by atoms with van der Waals surface area (Å²) < 4.78 is 0. The number of hydrogen-bond acceptors (Lipinski definition) is 2. The zero-order chi connectivity index (χ0) is 13.0. The highest BCUT2D eigenvalue weighted by molar-refractivity contribution is 5.83. The summed E-state index contributed by atoms with van der Waals surface area (Å²) in [6.45, 7) is 0.618. The molecule has 0 spiro atoms. The largest absolute Gasteiger partial charge is 0.479 e. The molecule has 0 bridgehead atoms. The first-order chi connectivity index (χ1) is 8.66. The van der Waals surface area contributed by atoms with Crippen LogP contribution in [0, 0.1) is 5.92 Å². The fourth-order valence-corrected chi connectivity index (χ4v) is 1.67. The Bertz CT molecular complexity index is 429. The van der Waals surface area contributed by atoms with Crippen LogP contribution in [-0.4, -0.2) is 23.7 Å². The van der Waals surface area contributed by atoms with Crippen molar-refractivity contribution < 1.29 is 14.7 Å². The van der Waals surface area contributed by atoms with E-state index < -0.39 is 18.0 Å². The zero-order valence-corrected chi connectivity index (χ0v) is 9.93. The molecule has 0 unspecified atom stereocenters. The number of urea groups is 1. The number of rotatable bonds is 5. The van der Waals surface area contributed by atoms with E-state index in [1.54, 1.807) is 30.3 Å². The number of hydrogen-bond donors (Lipinski definition) is 3. The van der Waals surface area contributed by atoms with Crippen molar-refractivity contribution in [1.82, 2.24) is 10.6 Å². The second-order valence-corrected chi connectivity index (χ2v) is 4.48. The van der Waals surface area contributed by atoms with Gasteiger partial charge in [0, 0.05) is 6.54 Å². The highest BCUT2D eigenvalue weighted by Crippen LogP contribution is 2.27. The highest BCUT2D eigenvalue weighted by atomic mass is 16.4. The quantitative estimate of drug-likeness (QED) is 0.739. The standard InChI is InChI=1S/C13H16N2O3/c16-12(17)11(10-4-2-1-3-5-10)15-13(18)14-8-9-6-7-9/h1-5,9,11H,6-8H2,(H,16,17)(H2,14,15,18)/t11-/m1/s1. The molecule has 96 valence electrons. The van der Waals surface area contributed by atoms with Crippen LogP contribution in [0.15, 0.2) is 30.3 Å². The number of carbonyl (C=O) groups excluding carboxylic acids is 1. The Morgan fingerprint density at radius 2 is 1.94 bits per heavy atom. The topological polar surface area (TPSA) is 78.4 Å². The van der Waals surface area contributed by atoms with Gasteiger partial charge in [-0.3, -0.25) is 0 Å². The van der Waals surface area contributed by atoms with E-state index >= 15 is 0 Å². The van der Waals surface area contributed by atoms with Gasteiger partial charge in [-0.2, -0.15) is 0 Å². The molecule has 0 aromatic heterocycles. The lowest BCUT2D eigenvalue weighted by molar-refractivity contribution is -0.139. The highest BCUT2D eigenvalue weighted by Gasteiger charge is 2.24. The van der Waals surface area contributed by atoms with Gasteiger partial charge in [0.1, 0.15) is 0 Å². The third-order valence-electron chi connectivity index (χ3n) is 2.90. The molecule has 0 heterocycles. The normalized spacial score (nSPS) is 15.8. The van der Waals surface area contributed by atoms with Crippen LogP contribution in [-0.2, 0) is 4.79 Å². The molecule has 5 heteroatoms. The van der Waals surface area contributed by atoms with Crippen molar-refractivity contribution in [3.05, 3.63) is 35.9 Å². The maximum Gasteiger partial charge on any atom is 0.330 e. The first kappa shape index (κ1) is 12.4. The number of nitrogens with one attached hydrogen (secondary N) is 2. The van der Waals surface area contributed by atoms with Gasteiger partial charge in [0.15, 0.2) is 6.04 Å². The summed E-state index contributed by atoms with van der Waals surface area (Å²) in [5.74, 6) is -0.501. The van der Waals surface area contributed by atoms with E-state index in [0.717, 1.165) is 12.8 Å². The van der Waals surface area contributed by atoms with Crippen LogP contribution in [0.3, 0.4) is 0 Å². The molecule has 1 atom stereocenters. The monoisotopic (exact) mass is 248 g/mol. The third kappa shape index (κ3) is 3.48. The zero-order valence-electron chi connectivity index (χ0n) is 9.93. The van der Waals surface area contributed by atoms with Crippen LogP contribution in [0.4, 0.5) is 4.79 Å². The van der Waals surface area contributed by atoms with Crippen molar-refractivity contribution >= 4 is 12.0 Å². The average Bonchev–Trinajstić information content (AvgIpc) is 3.18. The van der Waals surface area contributed by atoms with E-state index in [9.17, 15) is 9.59 Å². The van der Waals surface area contributed by atoms with Crippen LogP contribution in [0.25, 0.3) is 0 Å². The van der Waals surface area contributed by atoms with E-state index in [2.05, 4.69) is 10.6 Å². The Labute approximate surface area is 105 Å². The molecule has 1 aliphatic carbocycles. The smallest absolute Gasteiger partial charge is 0.330 e. The van der Waals surface area contributed by atoms with Gasteiger partial charge in [0.05, 0.1) is 0 Å². The molecule has 1 aliphatic rings. The SMILES string of the molecule is O=C(NCC1CC1)N[C@@H](C(=O)O)c1ccccc1. The van der Waals surface area contributed by atoms with E-state index in [4.69, 9.17) is 5.11 Å². The number of carboxylic acid groups (broad SMARTS) is 1. The molecule has 1 fully saturated rings. The molecule has 0 saturated heterocycles. The molecule has 3 N–H and O–H groups in total. The second-order valence-electron chi connectivity index (χ2n) is 4.48. The van der Waals surface area contributed by atoms with Gasteiger partial charge in [0.25, 0.3) is 0 Å². The number of carbonyl (C=O) groups is 2. The first-order valence-corrected chi connectivity index (χ1v) is 5.99. The van der Waals surface area contributed by atoms with Gasteiger partial charge in [-0.15, -0.1) is 0 Å². The van der Waals surface area contributed by atoms with Crippen molar-refractivity contribution in [1.29, 1.82) is 0 Å². The predicted octanol–water partition coefficient (Wildman–Crippen LogP) is 1.52. The summed E-state index contributed by atoms with van der Waals surface area (Å²) in [6.07, 6.45) is 2.28. The molecular weight excluding hydrogens is 232 g/mol. The van der Waals surface area contributed by atoms with Gasteiger partial charge in [-0.05, 0) is 24.3 Å². The maximum atomic E-state index is 11.6. The first-order valence-electron chi connectivity index (χ1n) is 5.99. The summed E-state index contributed by atoms with van der Waals surface area (Å²) in [5, 5.41) is 14.3. The number of aliphatic carboxylic acids is 1. The van der Waals surface area contributed by atoms with E-state index in [-0.39, 0.29) is 0 Å². The van der Waals surface area contributed by atoms with E-state index in [1.165, 1.54) is 0 Å². The molecule has 0 radical (unpaired) electrons. The van der Waals surface area contributed by atoms with Crippen molar-refractivity contribution in [3.63, 3.8) is 0 Å². The van der Waals surface area contributed by atoms with E-state index in [1.807, 2.05) is 0 Å². The fourth-order valence-electron chi connectivity index (χ4n) is 1.67. The molecule has 0 aliphatic heterocycles. The van der Waals surface area contributed by atoms with E-state index in [0.29, 0.717) is 18.0 Å². The summed E-state index contributed by atoms with van der Waals surface area (Å²) in [7, 11) is 0. The van der Waals surface area contributed by atoms with Crippen molar-refractivity contribution in [3.8, 4) is 0 Å². The Morgan fingerprint density at radius 3 is 2.50 bits per heavy atom. The van der Waals surface area contributed by atoms with Crippen LogP contribution in [0.1, 0.15) is 24.4 Å². The Hall–Kier alpha value is -2.04. The Morgan fingerprint density at radius 1 is 1.28 bits per heavy atom. The Kier molecular flexibility index (Phi) is 3.82. The molecule has 5 nitrogen and oxygen atoms in total. The average molecular weight is 248 g/mol. The summed E-state index contributed by atoms with van der Waals surface area (Å²) in [6, 6.07) is 7.21. The fraction of sp³-hybridized carbons (Fsp3) is 0.385. The summed E-state index contributed by atoms with van der Waals surface area (Å²) in [4.78, 5) is 22.7. The van der Waals surface area contributed by atoms with Crippen molar-refractivity contribution in [2.45, 2.75) is 18.9 Å². The van der Waals surface area contributed by atoms with Crippen LogP contribution < -0.4 is 10.6 Å². The van der Waals surface area contributed by atoms with Gasteiger partial charge in [-0.25, -0.2) is 9.59 Å². The lowest BCUT2D eigenvalue weighted by Gasteiger charge is -2.15. The minimum Gasteiger partial charge on any atom is -0.479 e. The van der Waals surface area contributed by atoms with Crippen LogP contribution in [0.5, 0.6) is 0 Å². The molecule has 2 amide bonds. The van der Waals surface area contributed by atoms with Crippen LogP contribution in [0.2, 0.25) is 0 Å². The molecular formula is C13H16N2O3. The molecule has 1 saturated carbocycles. The predicted molar refractivity (Wildman–Crippen MR) is 66.1 cm³/mol. The van der Waals surface area contributed by atoms with Crippen molar-refractivity contribution in [2.75, 3.05) is 6.54 Å². The summed E-state index contributed by atoms with van der Waals surface area (Å²) >= 11 is 0. The lowest BCUT2D eigenvalue weighted by Crippen LogP contribution is -2.41. The minimum absolute atomic E-state index is 0.432. The van der Waals surface area contributed by atoms with Gasteiger partial charge >= 0.3 is 12.0 Å². The minimum atomic E-state index is -1.07. The van der Waals surface area contributed by atoms with Gasteiger partial charge in [0.2, 0.25) is 0 Å². The van der Waals surface area contributed by atoms with Gasteiger partial charge in [-0.1, -0.05) is 30.3 Å². The lowest BCUT2D eigenvalue weighted by atomic mass is 10.1. The second kappa shape index (κ2) is 5.53. The van der Waals surface area contributed by atoms with Crippen LogP contribution >= 0.6 is 0 Å². The van der Waals surface area contributed by atoms with Gasteiger partial charge < -0.3 is 15.7 Å². The molecule has 18 heavy (non-hydrogen) atoms.